The maximum Gasteiger partial charge on any atom is 0.246 e. The summed E-state index contributed by atoms with van der Waals surface area (Å²) in [6.07, 6.45) is 2.03. The summed E-state index contributed by atoms with van der Waals surface area (Å²) >= 11 is 0. The topological polar surface area (TPSA) is 50.8 Å². The molecule has 2 fully saturated rings. The van der Waals surface area contributed by atoms with Gasteiger partial charge in [-0.1, -0.05) is 0 Å². The third-order valence-corrected chi connectivity index (χ3v) is 2.73. The molecule has 5 nitrogen and oxygen atoms in total. The van der Waals surface area contributed by atoms with Gasteiger partial charge in [0.05, 0.1) is 19.8 Å². The van der Waals surface area contributed by atoms with E-state index in [0.717, 1.165) is 45.7 Å². The molecule has 15 heavy (non-hydrogen) atoms. The Morgan fingerprint density at radius 3 is 2.80 bits per heavy atom. The van der Waals surface area contributed by atoms with Gasteiger partial charge in [0, 0.05) is 25.6 Å². The number of hydrogen-bond acceptors (Lipinski definition) is 4. The molecule has 1 aliphatic carbocycles. The number of amides is 1. The van der Waals surface area contributed by atoms with Crippen molar-refractivity contribution in [2.75, 3.05) is 39.5 Å². The minimum Gasteiger partial charge on any atom is -0.379 e. The summed E-state index contributed by atoms with van der Waals surface area (Å²) in [5.74, 6) is 0.255. The van der Waals surface area contributed by atoms with Gasteiger partial charge in [-0.05, 0) is 12.8 Å². The molecule has 5 heteroatoms. The van der Waals surface area contributed by atoms with E-state index in [1.165, 1.54) is 0 Å². The number of morpholine rings is 1. The molecule has 0 radical (unpaired) electrons. The molecule has 1 heterocycles. The lowest BCUT2D eigenvalue weighted by atomic mass is 10.4. The first kappa shape index (κ1) is 10.9. The van der Waals surface area contributed by atoms with Crippen LogP contribution in [0.3, 0.4) is 0 Å². The molecular weight excluding hydrogens is 196 g/mol. The fraction of sp³-hybridized carbons (Fsp3) is 0.900. The van der Waals surface area contributed by atoms with Crippen molar-refractivity contribution < 1.29 is 14.4 Å². The van der Waals surface area contributed by atoms with Crippen LogP contribution < -0.4 is 5.48 Å². The Bertz CT molecular complexity index is 213. The molecular formula is C10H18N2O3. The summed E-state index contributed by atoms with van der Waals surface area (Å²) in [4.78, 5) is 18.6. The highest BCUT2D eigenvalue weighted by Crippen LogP contribution is 2.28. The van der Waals surface area contributed by atoms with Crippen LogP contribution in [0.1, 0.15) is 12.8 Å². The zero-order chi connectivity index (χ0) is 10.5. The van der Waals surface area contributed by atoms with Crippen molar-refractivity contribution in [1.29, 1.82) is 0 Å². The molecule has 0 aromatic carbocycles. The minimum absolute atomic E-state index is 0.0389. The normalized spacial score (nSPS) is 22.7. The summed E-state index contributed by atoms with van der Waals surface area (Å²) in [6.45, 7) is 4.93. The first-order valence-corrected chi connectivity index (χ1v) is 5.58. The zero-order valence-corrected chi connectivity index (χ0v) is 8.91. The van der Waals surface area contributed by atoms with E-state index in [-0.39, 0.29) is 11.8 Å². The van der Waals surface area contributed by atoms with Crippen LogP contribution in [0.25, 0.3) is 0 Å². The summed E-state index contributed by atoms with van der Waals surface area (Å²) in [6, 6.07) is 0. The van der Waals surface area contributed by atoms with Crippen LogP contribution in [0.5, 0.6) is 0 Å². The second kappa shape index (κ2) is 5.44. The maximum atomic E-state index is 11.2. The van der Waals surface area contributed by atoms with Crippen molar-refractivity contribution in [3.63, 3.8) is 0 Å². The highest BCUT2D eigenvalue weighted by Gasteiger charge is 2.29. The van der Waals surface area contributed by atoms with E-state index in [2.05, 4.69) is 10.4 Å². The molecule has 2 rings (SSSR count). The SMILES string of the molecule is O=C(NOCCN1CCOCC1)C1CC1. The van der Waals surface area contributed by atoms with Crippen molar-refractivity contribution in [3.05, 3.63) is 0 Å². The van der Waals surface area contributed by atoms with Crippen molar-refractivity contribution in [1.82, 2.24) is 10.4 Å². The van der Waals surface area contributed by atoms with E-state index in [0.29, 0.717) is 6.61 Å². The van der Waals surface area contributed by atoms with Crippen LogP contribution >= 0.6 is 0 Å². The molecule has 0 aromatic heterocycles. The Labute approximate surface area is 89.7 Å². The van der Waals surface area contributed by atoms with Gasteiger partial charge < -0.3 is 4.74 Å². The van der Waals surface area contributed by atoms with Crippen LogP contribution in [-0.2, 0) is 14.4 Å². The molecule has 0 spiro atoms. The molecule has 1 amide bonds. The van der Waals surface area contributed by atoms with Gasteiger partial charge in [0.2, 0.25) is 5.91 Å². The number of hydroxylamine groups is 1. The second-order valence-corrected chi connectivity index (χ2v) is 4.04. The predicted molar refractivity (Wildman–Crippen MR) is 54.1 cm³/mol. The third-order valence-electron chi connectivity index (χ3n) is 2.73. The fourth-order valence-corrected chi connectivity index (χ4v) is 1.55. The average molecular weight is 214 g/mol. The van der Waals surface area contributed by atoms with E-state index < -0.39 is 0 Å². The number of hydrogen-bond donors (Lipinski definition) is 1. The Morgan fingerprint density at radius 2 is 2.13 bits per heavy atom. The van der Waals surface area contributed by atoms with E-state index in [1.54, 1.807) is 0 Å². The van der Waals surface area contributed by atoms with E-state index >= 15 is 0 Å². The number of nitrogens with zero attached hydrogens (tertiary/aromatic N) is 1. The molecule has 0 unspecified atom stereocenters. The predicted octanol–water partition coefficient (Wildman–Crippen LogP) is -0.224. The molecule has 0 bridgehead atoms. The Kier molecular flexibility index (Phi) is 3.94. The number of carbonyl (C=O) groups excluding carboxylic acids is 1. The summed E-state index contributed by atoms with van der Waals surface area (Å²) in [5.41, 5.74) is 2.49. The molecule has 86 valence electrons. The van der Waals surface area contributed by atoms with Gasteiger partial charge in [0.15, 0.2) is 0 Å². The second-order valence-electron chi connectivity index (χ2n) is 4.04. The first-order chi connectivity index (χ1) is 7.36. The highest BCUT2D eigenvalue weighted by atomic mass is 16.7. The van der Waals surface area contributed by atoms with E-state index in [4.69, 9.17) is 9.57 Å². The smallest absolute Gasteiger partial charge is 0.246 e. The fourth-order valence-electron chi connectivity index (χ4n) is 1.55. The van der Waals surface area contributed by atoms with Gasteiger partial charge in [-0.15, -0.1) is 0 Å². The largest absolute Gasteiger partial charge is 0.379 e. The van der Waals surface area contributed by atoms with Crippen molar-refractivity contribution in [2.24, 2.45) is 5.92 Å². The molecule has 1 saturated heterocycles. The van der Waals surface area contributed by atoms with Gasteiger partial charge in [-0.3, -0.25) is 14.5 Å². The van der Waals surface area contributed by atoms with Crippen LogP contribution in [0.15, 0.2) is 0 Å². The maximum absolute atomic E-state index is 11.2. The Hall–Kier alpha value is -0.650. The highest BCUT2D eigenvalue weighted by molar-refractivity contribution is 5.79. The lowest BCUT2D eigenvalue weighted by Gasteiger charge is -2.26. The standard InChI is InChI=1S/C10H18N2O3/c13-10(9-1-2-9)11-15-8-5-12-3-6-14-7-4-12/h9H,1-8H2,(H,11,13). The van der Waals surface area contributed by atoms with Crippen molar-refractivity contribution in [3.8, 4) is 0 Å². The molecule has 0 atom stereocenters. The van der Waals surface area contributed by atoms with E-state index in [1.807, 2.05) is 0 Å². The van der Waals surface area contributed by atoms with Crippen LogP contribution in [0.2, 0.25) is 0 Å². The minimum atomic E-state index is 0.0389. The molecule has 1 saturated carbocycles. The van der Waals surface area contributed by atoms with Gasteiger partial charge in [-0.25, -0.2) is 5.48 Å². The lowest BCUT2D eigenvalue weighted by Crippen LogP contribution is -2.39. The van der Waals surface area contributed by atoms with Crippen LogP contribution in [-0.4, -0.2) is 50.3 Å². The lowest BCUT2D eigenvalue weighted by molar-refractivity contribution is -0.135. The number of nitrogens with one attached hydrogen (secondary N) is 1. The Morgan fingerprint density at radius 1 is 1.40 bits per heavy atom. The molecule has 0 aromatic rings. The first-order valence-electron chi connectivity index (χ1n) is 5.58. The summed E-state index contributed by atoms with van der Waals surface area (Å²) < 4.78 is 5.23. The van der Waals surface area contributed by atoms with Gasteiger partial charge in [0.1, 0.15) is 0 Å². The Balaban J connectivity index is 1.48. The average Bonchev–Trinajstić information content (AvgIpc) is 3.09. The summed E-state index contributed by atoms with van der Waals surface area (Å²) in [7, 11) is 0. The quantitative estimate of drug-likeness (QED) is 0.507. The van der Waals surface area contributed by atoms with Crippen LogP contribution in [0, 0.1) is 5.92 Å². The molecule has 1 N–H and O–H groups in total. The number of ether oxygens (including phenoxy) is 1. The van der Waals surface area contributed by atoms with Crippen molar-refractivity contribution in [2.45, 2.75) is 12.8 Å². The van der Waals surface area contributed by atoms with E-state index in [9.17, 15) is 4.79 Å². The van der Waals surface area contributed by atoms with Gasteiger partial charge >= 0.3 is 0 Å². The molecule has 2 aliphatic rings. The van der Waals surface area contributed by atoms with Gasteiger partial charge in [0.25, 0.3) is 0 Å². The van der Waals surface area contributed by atoms with Crippen molar-refractivity contribution >= 4 is 5.91 Å². The number of rotatable bonds is 5. The number of carbonyl (C=O) groups is 1. The molecule has 1 aliphatic heterocycles. The third kappa shape index (κ3) is 3.77. The van der Waals surface area contributed by atoms with Crippen LogP contribution in [0.4, 0.5) is 0 Å². The summed E-state index contributed by atoms with van der Waals surface area (Å²) in [5, 5.41) is 0. The zero-order valence-electron chi connectivity index (χ0n) is 8.91. The van der Waals surface area contributed by atoms with Gasteiger partial charge in [-0.2, -0.15) is 0 Å². The monoisotopic (exact) mass is 214 g/mol.